The van der Waals surface area contributed by atoms with Crippen LogP contribution in [0, 0.1) is 6.92 Å². The third-order valence-electron chi connectivity index (χ3n) is 2.88. The summed E-state index contributed by atoms with van der Waals surface area (Å²) < 4.78 is 3.29. The second kappa shape index (κ2) is 5.81. The first-order valence-corrected chi connectivity index (χ1v) is 7.92. The number of rotatable bonds is 4. The number of nitrogens with zero attached hydrogens (tertiary/aromatic N) is 2. The highest BCUT2D eigenvalue weighted by Gasteiger charge is 2.07. The standard InChI is InChI=1S/C15H14BrN3S/c1-11-9-19(10-13-7-8-14(16)20-13)15(17-11)18-12-5-3-2-4-6-12/h2-9H,10H2,1H3,(H,17,18). The number of para-hydroxylation sites is 1. The lowest BCUT2D eigenvalue weighted by atomic mass is 10.3. The van der Waals surface area contributed by atoms with Crippen molar-refractivity contribution in [2.75, 3.05) is 5.32 Å². The molecule has 3 nitrogen and oxygen atoms in total. The second-order valence-corrected chi connectivity index (χ2v) is 7.08. The molecule has 0 unspecified atom stereocenters. The van der Waals surface area contributed by atoms with Crippen LogP contribution in [0.5, 0.6) is 0 Å². The van der Waals surface area contributed by atoms with Gasteiger partial charge >= 0.3 is 0 Å². The summed E-state index contributed by atoms with van der Waals surface area (Å²) in [6.07, 6.45) is 2.07. The molecule has 0 saturated carbocycles. The fourth-order valence-corrected chi connectivity index (χ4v) is 3.50. The number of hydrogen-bond acceptors (Lipinski definition) is 3. The van der Waals surface area contributed by atoms with Gasteiger partial charge in [0, 0.05) is 16.8 Å². The summed E-state index contributed by atoms with van der Waals surface area (Å²) in [6, 6.07) is 14.3. The number of thiophene rings is 1. The summed E-state index contributed by atoms with van der Waals surface area (Å²) >= 11 is 5.25. The molecule has 1 N–H and O–H groups in total. The van der Waals surface area contributed by atoms with Gasteiger partial charge in [-0.2, -0.15) is 0 Å². The number of aromatic nitrogens is 2. The van der Waals surface area contributed by atoms with Gasteiger partial charge in [0.1, 0.15) is 0 Å². The van der Waals surface area contributed by atoms with Crippen LogP contribution in [0.3, 0.4) is 0 Å². The van der Waals surface area contributed by atoms with E-state index < -0.39 is 0 Å². The lowest BCUT2D eigenvalue weighted by Crippen LogP contribution is -2.03. The van der Waals surface area contributed by atoms with Gasteiger partial charge in [0.25, 0.3) is 0 Å². The zero-order chi connectivity index (χ0) is 13.9. The Bertz CT molecular complexity index is 703. The topological polar surface area (TPSA) is 29.9 Å². The lowest BCUT2D eigenvalue weighted by Gasteiger charge is -2.08. The van der Waals surface area contributed by atoms with Gasteiger partial charge in [0.2, 0.25) is 5.95 Å². The van der Waals surface area contributed by atoms with Gasteiger partial charge in [0.05, 0.1) is 16.0 Å². The van der Waals surface area contributed by atoms with Crippen molar-refractivity contribution in [3.63, 3.8) is 0 Å². The van der Waals surface area contributed by atoms with Crippen LogP contribution in [0.4, 0.5) is 11.6 Å². The first-order chi connectivity index (χ1) is 9.70. The number of halogens is 1. The average molecular weight is 348 g/mol. The molecule has 0 atom stereocenters. The monoisotopic (exact) mass is 347 g/mol. The molecule has 0 fully saturated rings. The van der Waals surface area contributed by atoms with Crippen molar-refractivity contribution in [2.45, 2.75) is 13.5 Å². The molecule has 3 rings (SSSR count). The van der Waals surface area contributed by atoms with Gasteiger partial charge in [-0.15, -0.1) is 11.3 Å². The highest BCUT2D eigenvalue weighted by molar-refractivity contribution is 9.11. The molecule has 0 aliphatic carbocycles. The molecule has 20 heavy (non-hydrogen) atoms. The van der Waals surface area contributed by atoms with Gasteiger partial charge in [-0.05, 0) is 47.1 Å². The smallest absolute Gasteiger partial charge is 0.207 e. The van der Waals surface area contributed by atoms with E-state index in [0.29, 0.717) is 0 Å². The zero-order valence-electron chi connectivity index (χ0n) is 11.0. The van der Waals surface area contributed by atoms with E-state index in [9.17, 15) is 0 Å². The summed E-state index contributed by atoms with van der Waals surface area (Å²) in [7, 11) is 0. The van der Waals surface area contributed by atoms with E-state index in [-0.39, 0.29) is 0 Å². The molecule has 102 valence electrons. The third-order valence-corrected chi connectivity index (χ3v) is 4.49. The molecule has 0 aliphatic heterocycles. The predicted molar refractivity (Wildman–Crippen MR) is 87.8 cm³/mol. The number of anilines is 2. The highest BCUT2D eigenvalue weighted by atomic mass is 79.9. The molecular weight excluding hydrogens is 334 g/mol. The number of nitrogens with one attached hydrogen (secondary N) is 1. The van der Waals surface area contributed by atoms with Crippen LogP contribution in [0.25, 0.3) is 0 Å². The van der Waals surface area contributed by atoms with Crippen LogP contribution in [0.15, 0.2) is 52.4 Å². The molecular formula is C15H14BrN3S. The van der Waals surface area contributed by atoms with Crippen LogP contribution in [0.2, 0.25) is 0 Å². The van der Waals surface area contributed by atoms with Crippen molar-refractivity contribution in [2.24, 2.45) is 0 Å². The van der Waals surface area contributed by atoms with Gasteiger partial charge in [-0.3, -0.25) is 0 Å². The Morgan fingerprint density at radius 1 is 1.20 bits per heavy atom. The van der Waals surface area contributed by atoms with E-state index in [2.05, 4.69) is 49.1 Å². The zero-order valence-corrected chi connectivity index (χ0v) is 13.4. The minimum atomic E-state index is 0.826. The van der Waals surface area contributed by atoms with E-state index in [4.69, 9.17) is 0 Å². The normalized spacial score (nSPS) is 10.7. The van der Waals surface area contributed by atoms with Crippen LogP contribution in [-0.4, -0.2) is 9.55 Å². The number of hydrogen-bond donors (Lipinski definition) is 1. The van der Waals surface area contributed by atoms with E-state index in [1.54, 1.807) is 11.3 Å². The van der Waals surface area contributed by atoms with Gasteiger partial charge in [-0.25, -0.2) is 4.98 Å². The van der Waals surface area contributed by atoms with Gasteiger partial charge in [0.15, 0.2) is 0 Å². The minimum absolute atomic E-state index is 0.826. The average Bonchev–Trinajstić information content (AvgIpc) is 2.98. The Balaban J connectivity index is 1.84. The molecule has 0 saturated heterocycles. The molecule has 5 heteroatoms. The largest absolute Gasteiger partial charge is 0.326 e. The number of aryl methyl sites for hydroxylation is 1. The lowest BCUT2D eigenvalue weighted by molar-refractivity contribution is 0.820. The molecule has 0 amide bonds. The van der Waals surface area contributed by atoms with E-state index in [0.717, 1.165) is 27.7 Å². The number of benzene rings is 1. The quantitative estimate of drug-likeness (QED) is 0.733. The Morgan fingerprint density at radius 2 is 2.00 bits per heavy atom. The Morgan fingerprint density at radius 3 is 2.70 bits per heavy atom. The first-order valence-electron chi connectivity index (χ1n) is 6.31. The second-order valence-electron chi connectivity index (χ2n) is 4.53. The molecule has 0 radical (unpaired) electrons. The Labute approximate surface area is 130 Å². The Hall–Kier alpha value is -1.59. The van der Waals surface area contributed by atoms with Gasteiger partial charge < -0.3 is 9.88 Å². The van der Waals surface area contributed by atoms with Crippen molar-refractivity contribution in [1.82, 2.24) is 9.55 Å². The third kappa shape index (κ3) is 3.11. The maximum atomic E-state index is 4.55. The van der Waals surface area contributed by atoms with Crippen LogP contribution >= 0.6 is 27.3 Å². The van der Waals surface area contributed by atoms with Crippen molar-refractivity contribution in [3.8, 4) is 0 Å². The summed E-state index contributed by atoms with van der Waals surface area (Å²) in [6.45, 7) is 2.84. The summed E-state index contributed by atoms with van der Waals surface area (Å²) in [5, 5.41) is 3.37. The fourth-order valence-electron chi connectivity index (χ4n) is 2.02. The van der Waals surface area contributed by atoms with Crippen LogP contribution in [0.1, 0.15) is 10.6 Å². The van der Waals surface area contributed by atoms with Crippen LogP contribution in [-0.2, 0) is 6.54 Å². The van der Waals surface area contributed by atoms with Gasteiger partial charge in [-0.1, -0.05) is 18.2 Å². The van der Waals surface area contributed by atoms with Crippen molar-refractivity contribution in [3.05, 3.63) is 63.0 Å². The number of imidazole rings is 1. The molecule has 0 bridgehead atoms. The van der Waals surface area contributed by atoms with Crippen molar-refractivity contribution in [1.29, 1.82) is 0 Å². The Kier molecular flexibility index (Phi) is 3.89. The van der Waals surface area contributed by atoms with E-state index in [1.807, 2.05) is 37.3 Å². The van der Waals surface area contributed by atoms with Crippen molar-refractivity contribution < 1.29 is 0 Å². The summed E-state index contributed by atoms with van der Waals surface area (Å²) in [4.78, 5) is 5.85. The molecule has 0 spiro atoms. The highest BCUT2D eigenvalue weighted by Crippen LogP contribution is 2.24. The molecule has 3 aromatic rings. The SMILES string of the molecule is Cc1cn(Cc2ccc(Br)s2)c(Nc2ccccc2)n1. The fraction of sp³-hybridized carbons (Fsp3) is 0.133. The molecule has 0 aliphatic rings. The van der Waals surface area contributed by atoms with E-state index in [1.165, 1.54) is 4.88 Å². The molecule has 2 heterocycles. The summed E-state index contributed by atoms with van der Waals surface area (Å²) in [5.74, 6) is 0.873. The first kappa shape index (κ1) is 13.4. The van der Waals surface area contributed by atoms with Crippen LogP contribution < -0.4 is 5.32 Å². The predicted octanol–water partition coefficient (Wildman–Crippen LogP) is 4.81. The summed E-state index contributed by atoms with van der Waals surface area (Å²) in [5.41, 5.74) is 2.06. The molecule has 2 aromatic heterocycles. The van der Waals surface area contributed by atoms with E-state index >= 15 is 0 Å². The maximum absolute atomic E-state index is 4.55. The van der Waals surface area contributed by atoms with Crippen molar-refractivity contribution >= 4 is 38.9 Å². The minimum Gasteiger partial charge on any atom is -0.326 e. The molecule has 1 aromatic carbocycles. The maximum Gasteiger partial charge on any atom is 0.207 e.